The van der Waals surface area contributed by atoms with Crippen LogP contribution in [0.1, 0.15) is 0 Å². The maximum absolute atomic E-state index is 11.1. The first-order chi connectivity index (χ1) is 8.54. The van der Waals surface area contributed by atoms with E-state index in [4.69, 9.17) is 4.55 Å². The lowest BCUT2D eigenvalue weighted by molar-refractivity contribution is 0.483. The number of benzene rings is 2. The molecule has 3 rings (SSSR count). The van der Waals surface area contributed by atoms with E-state index < -0.39 is 10.1 Å². The number of para-hydroxylation sites is 1. The molecule has 0 bridgehead atoms. The molecule has 0 saturated carbocycles. The van der Waals surface area contributed by atoms with E-state index in [1.54, 1.807) is 6.07 Å². The number of nitrogens with zero attached hydrogens (tertiary/aromatic N) is 1. The van der Waals surface area contributed by atoms with Gasteiger partial charge in [0.15, 0.2) is 0 Å². The molecule has 0 aliphatic rings. The van der Waals surface area contributed by atoms with Crippen LogP contribution >= 0.6 is 0 Å². The van der Waals surface area contributed by atoms with Crippen LogP contribution in [0.3, 0.4) is 0 Å². The van der Waals surface area contributed by atoms with Crippen LogP contribution < -0.4 is 0 Å². The number of hydrogen-bond acceptors (Lipinski definition) is 3. The van der Waals surface area contributed by atoms with Gasteiger partial charge >= 0.3 is 0 Å². The van der Waals surface area contributed by atoms with Crippen LogP contribution in [-0.4, -0.2) is 18.0 Å². The van der Waals surface area contributed by atoms with Gasteiger partial charge in [0.1, 0.15) is 0 Å². The number of hydrogen-bond donors (Lipinski definition) is 1. The summed E-state index contributed by atoms with van der Waals surface area (Å²) in [5.74, 6) is 0. The topological polar surface area (TPSA) is 67.3 Å². The van der Waals surface area contributed by atoms with Crippen LogP contribution in [0.5, 0.6) is 0 Å². The van der Waals surface area contributed by atoms with Crippen LogP contribution in [0.15, 0.2) is 53.4 Å². The molecule has 0 fully saturated rings. The van der Waals surface area contributed by atoms with Crippen LogP contribution in [0.2, 0.25) is 0 Å². The molecule has 90 valence electrons. The number of pyridine rings is 1. The molecule has 2 aromatic carbocycles. The van der Waals surface area contributed by atoms with Gasteiger partial charge in [-0.2, -0.15) is 8.42 Å². The smallest absolute Gasteiger partial charge is 0.282 e. The van der Waals surface area contributed by atoms with Gasteiger partial charge in [-0.3, -0.25) is 4.55 Å². The lowest BCUT2D eigenvalue weighted by atomic mass is 10.1. The van der Waals surface area contributed by atoms with Gasteiger partial charge in [0.25, 0.3) is 10.1 Å². The molecular formula is C13H9NO3S. The van der Waals surface area contributed by atoms with Crippen LogP contribution in [0.4, 0.5) is 0 Å². The fourth-order valence-corrected chi connectivity index (χ4v) is 2.44. The number of aromatic nitrogens is 1. The molecule has 5 heteroatoms. The molecule has 0 amide bonds. The molecule has 0 saturated heterocycles. The number of rotatable bonds is 1. The second-order valence-corrected chi connectivity index (χ2v) is 5.43. The SMILES string of the molecule is O=S(=O)(O)c1ccc2nc3ccccc3cc2c1. The Kier molecular flexibility index (Phi) is 2.33. The Balaban J connectivity index is 2.37. The Morgan fingerprint density at radius 1 is 0.889 bits per heavy atom. The summed E-state index contributed by atoms with van der Waals surface area (Å²) in [4.78, 5) is 4.31. The average Bonchev–Trinajstić information content (AvgIpc) is 2.34. The van der Waals surface area contributed by atoms with E-state index in [0.717, 1.165) is 10.9 Å². The van der Waals surface area contributed by atoms with Gasteiger partial charge in [0, 0.05) is 10.8 Å². The lowest BCUT2D eigenvalue weighted by Gasteiger charge is -2.03. The summed E-state index contributed by atoms with van der Waals surface area (Å²) in [6, 6.07) is 13.8. The molecule has 0 atom stereocenters. The average molecular weight is 259 g/mol. The molecular weight excluding hydrogens is 250 g/mol. The molecule has 0 spiro atoms. The Bertz CT molecular complexity index is 856. The largest absolute Gasteiger partial charge is 0.294 e. The Labute approximate surface area is 104 Å². The molecule has 18 heavy (non-hydrogen) atoms. The Morgan fingerprint density at radius 3 is 2.39 bits per heavy atom. The van der Waals surface area contributed by atoms with E-state index in [1.807, 2.05) is 30.3 Å². The van der Waals surface area contributed by atoms with Crippen molar-refractivity contribution < 1.29 is 13.0 Å². The first kappa shape index (κ1) is 11.1. The van der Waals surface area contributed by atoms with Crippen molar-refractivity contribution in [1.29, 1.82) is 0 Å². The zero-order chi connectivity index (χ0) is 12.8. The minimum Gasteiger partial charge on any atom is -0.282 e. The van der Waals surface area contributed by atoms with E-state index in [1.165, 1.54) is 12.1 Å². The molecule has 0 unspecified atom stereocenters. The minimum absolute atomic E-state index is 0.118. The third-order valence-corrected chi connectivity index (χ3v) is 3.64. The highest BCUT2D eigenvalue weighted by atomic mass is 32.2. The summed E-state index contributed by atoms with van der Waals surface area (Å²) in [6.45, 7) is 0. The summed E-state index contributed by atoms with van der Waals surface area (Å²) in [6.07, 6.45) is 0. The number of fused-ring (bicyclic) bond motifs is 2. The van der Waals surface area contributed by atoms with E-state index in [-0.39, 0.29) is 4.90 Å². The standard InChI is InChI=1S/C13H9NO3S/c15-18(16,17)11-5-6-13-10(8-11)7-9-3-1-2-4-12(9)14-13/h1-8H,(H,15,16,17). The van der Waals surface area contributed by atoms with Gasteiger partial charge < -0.3 is 0 Å². The Hall–Kier alpha value is -1.98. The van der Waals surface area contributed by atoms with Crippen molar-refractivity contribution in [1.82, 2.24) is 4.98 Å². The second-order valence-electron chi connectivity index (χ2n) is 4.01. The molecule has 4 nitrogen and oxygen atoms in total. The van der Waals surface area contributed by atoms with Gasteiger partial charge in [-0.25, -0.2) is 4.98 Å². The van der Waals surface area contributed by atoms with Crippen LogP contribution in [-0.2, 0) is 10.1 Å². The first-order valence-electron chi connectivity index (χ1n) is 5.31. The van der Waals surface area contributed by atoms with Crippen molar-refractivity contribution in [3.05, 3.63) is 48.5 Å². The van der Waals surface area contributed by atoms with Crippen molar-refractivity contribution in [3.63, 3.8) is 0 Å². The van der Waals surface area contributed by atoms with Gasteiger partial charge in [-0.1, -0.05) is 18.2 Å². The third-order valence-electron chi connectivity index (χ3n) is 2.79. The maximum Gasteiger partial charge on any atom is 0.294 e. The van der Waals surface area contributed by atoms with Crippen molar-refractivity contribution >= 4 is 31.9 Å². The zero-order valence-corrected chi connectivity index (χ0v) is 10.1. The maximum atomic E-state index is 11.1. The van der Waals surface area contributed by atoms with Crippen LogP contribution in [0.25, 0.3) is 21.8 Å². The summed E-state index contributed by atoms with van der Waals surface area (Å²) in [5.41, 5.74) is 1.55. The highest BCUT2D eigenvalue weighted by molar-refractivity contribution is 7.85. The first-order valence-corrected chi connectivity index (χ1v) is 6.75. The van der Waals surface area contributed by atoms with Crippen molar-refractivity contribution in [2.75, 3.05) is 0 Å². The van der Waals surface area contributed by atoms with Gasteiger partial charge in [0.05, 0.1) is 15.9 Å². The van der Waals surface area contributed by atoms with E-state index in [2.05, 4.69) is 4.98 Å². The summed E-state index contributed by atoms with van der Waals surface area (Å²) >= 11 is 0. The highest BCUT2D eigenvalue weighted by Gasteiger charge is 2.10. The molecule has 1 N–H and O–H groups in total. The van der Waals surface area contributed by atoms with Crippen LogP contribution in [0, 0.1) is 0 Å². The third kappa shape index (κ3) is 1.83. The normalized spacial score (nSPS) is 12.1. The quantitative estimate of drug-likeness (QED) is 0.539. The molecule has 0 aliphatic carbocycles. The molecule has 1 heterocycles. The van der Waals surface area contributed by atoms with Gasteiger partial charge in [-0.05, 0) is 30.3 Å². The van der Waals surface area contributed by atoms with Crippen molar-refractivity contribution in [2.45, 2.75) is 4.90 Å². The van der Waals surface area contributed by atoms with E-state index in [0.29, 0.717) is 10.9 Å². The molecule has 0 radical (unpaired) electrons. The van der Waals surface area contributed by atoms with E-state index >= 15 is 0 Å². The molecule has 1 aromatic heterocycles. The molecule has 3 aromatic rings. The summed E-state index contributed by atoms with van der Waals surface area (Å²) < 4.78 is 31.2. The monoisotopic (exact) mass is 259 g/mol. The van der Waals surface area contributed by atoms with Crippen molar-refractivity contribution in [3.8, 4) is 0 Å². The summed E-state index contributed by atoms with van der Waals surface area (Å²) in [7, 11) is -4.18. The Morgan fingerprint density at radius 2 is 1.61 bits per heavy atom. The minimum atomic E-state index is -4.18. The fraction of sp³-hybridized carbons (Fsp3) is 0. The van der Waals surface area contributed by atoms with E-state index in [9.17, 15) is 8.42 Å². The second kappa shape index (κ2) is 3.76. The predicted molar refractivity (Wildman–Crippen MR) is 69.1 cm³/mol. The summed E-state index contributed by atoms with van der Waals surface area (Å²) in [5, 5.41) is 1.61. The van der Waals surface area contributed by atoms with Gasteiger partial charge in [0.2, 0.25) is 0 Å². The fourth-order valence-electron chi connectivity index (χ4n) is 1.92. The molecule has 0 aliphatic heterocycles. The highest BCUT2D eigenvalue weighted by Crippen LogP contribution is 2.22. The van der Waals surface area contributed by atoms with Gasteiger partial charge in [-0.15, -0.1) is 0 Å². The lowest BCUT2D eigenvalue weighted by Crippen LogP contribution is -1.97. The predicted octanol–water partition coefficient (Wildman–Crippen LogP) is 2.63. The van der Waals surface area contributed by atoms with Crippen molar-refractivity contribution in [2.24, 2.45) is 0 Å². The zero-order valence-electron chi connectivity index (χ0n) is 9.24.